The van der Waals surface area contributed by atoms with Crippen LogP contribution in [0.3, 0.4) is 0 Å². The fraction of sp³-hybridized carbons (Fsp3) is 0.486. The first-order valence-electron chi connectivity index (χ1n) is 17.1. The van der Waals surface area contributed by atoms with Crippen molar-refractivity contribution in [2.75, 3.05) is 26.7 Å². The number of benzene rings is 1. The van der Waals surface area contributed by atoms with Gasteiger partial charge in [-0.15, -0.1) is 0 Å². The lowest BCUT2D eigenvalue weighted by atomic mass is 10.0. The first kappa shape index (κ1) is 36.0. The van der Waals surface area contributed by atoms with E-state index in [9.17, 15) is 19.5 Å². The van der Waals surface area contributed by atoms with E-state index in [1.165, 1.54) is 7.11 Å². The van der Waals surface area contributed by atoms with Crippen LogP contribution in [0.15, 0.2) is 36.7 Å². The van der Waals surface area contributed by atoms with Crippen LogP contribution in [0.2, 0.25) is 0 Å². The molecule has 2 saturated heterocycles. The first-order valence-corrected chi connectivity index (χ1v) is 17.1. The van der Waals surface area contributed by atoms with Gasteiger partial charge in [-0.2, -0.15) is 0 Å². The van der Waals surface area contributed by atoms with Crippen molar-refractivity contribution in [3.05, 3.63) is 70.8 Å². The van der Waals surface area contributed by atoms with E-state index in [1.807, 2.05) is 38.1 Å². The molecule has 2 aromatic heterocycles. The SMILES string of the molecule is COC(=O)NC(CN1CCCC1c1ncc(C#Cc2ccc(C#Cc3cnc(C4CCCN4C(=O)C(NC(=O)O)C(C)C)[nH]3)cc2)[nH]1)C(C)C. The van der Waals surface area contributed by atoms with Crippen molar-refractivity contribution >= 4 is 18.1 Å². The average Bonchev–Trinajstić information content (AvgIpc) is 3.92. The number of aromatic nitrogens is 4. The normalized spacial score (nSPS) is 18.6. The van der Waals surface area contributed by atoms with Gasteiger partial charge < -0.3 is 35.3 Å². The molecule has 0 aliphatic carbocycles. The van der Waals surface area contributed by atoms with E-state index in [4.69, 9.17) is 4.74 Å². The summed E-state index contributed by atoms with van der Waals surface area (Å²) >= 11 is 0. The monoisotopic (exact) mass is 682 g/mol. The molecule has 5 rings (SSSR count). The van der Waals surface area contributed by atoms with Gasteiger partial charge in [0.1, 0.15) is 29.1 Å². The van der Waals surface area contributed by atoms with Crippen LogP contribution in [0, 0.1) is 35.5 Å². The molecule has 3 aromatic rings. The van der Waals surface area contributed by atoms with Crippen molar-refractivity contribution in [3.8, 4) is 23.7 Å². The summed E-state index contributed by atoms with van der Waals surface area (Å²) in [6, 6.07) is 6.69. The summed E-state index contributed by atoms with van der Waals surface area (Å²) in [7, 11) is 1.38. The Morgan fingerprint density at radius 2 is 1.42 bits per heavy atom. The second-order valence-corrected chi connectivity index (χ2v) is 13.4. The quantitative estimate of drug-likeness (QED) is 0.207. The number of H-pyrrole nitrogens is 2. The second kappa shape index (κ2) is 16.4. The summed E-state index contributed by atoms with van der Waals surface area (Å²) in [4.78, 5) is 56.2. The Hall–Kier alpha value is -5.27. The van der Waals surface area contributed by atoms with E-state index < -0.39 is 18.2 Å². The Balaban J connectivity index is 1.19. The first-order chi connectivity index (χ1) is 24.0. The molecule has 0 radical (unpaired) electrons. The van der Waals surface area contributed by atoms with Crippen LogP contribution in [0.4, 0.5) is 9.59 Å². The summed E-state index contributed by atoms with van der Waals surface area (Å²) in [5, 5.41) is 14.5. The molecule has 0 saturated carbocycles. The molecule has 50 heavy (non-hydrogen) atoms. The molecule has 264 valence electrons. The van der Waals surface area contributed by atoms with Crippen molar-refractivity contribution in [3.63, 3.8) is 0 Å². The Bertz CT molecular complexity index is 1770. The Morgan fingerprint density at radius 1 is 0.860 bits per heavy atom. The number of rotatable bonds is 9. The van der Waals surface area contributed by atoms with Gasteiger partial charge in [-0.05, 0) is 80.2 Å². The number of hydrogen-bond donors (Lipinski definition) is 5. The number of carbonyl (C=O) groups excluding carboxylic acids is 2. The molecule has 5 N–H and O–H groups in total. The molecule has 2 aliphatic heterocycles. The zero-order valence-corrected chi connectivity index (χ0v) is 29.2. The third-order valence-electron chi connectivity index (χ3n) is 9.23. The number of ether oxygens (including phenoxy) is 1. The van der Waals surface area contributed by atoms with Crippen molar-refractivity contribution in [1.29, 1.82) is 0 Å². The molecule has 4 unspecified atom stereocenters. The minimum atomic E-state index is -1.22. The van der Waals surface area contributed by atoms with Gasteiger partial charge in [0, 0.05) is 30.3 Å². The minimum absolute atomic E-state index is 0.0318. The average molecular weight is 683 g/mol. The highest BCUT2D eigenvalue weighted by Crippen LogP contribution is 2.32. The number of nitrogens with zero attached hydrogens (tertiary/aromatic N) is 4. The van der Waals surface area contributed by atoms with E-state index >= 15 is 0 Å². The van der Waals surface area contributed by atoms with Crippen LogP contribution < -0.4 is 10.6 Å². The van der Waals surface area contributed by atoms with E-state index in [1.54, 1.807) is 17.3 Å². The third-order valence-corrected chi connectivity index (χ3v) is 9.23. The number of likely N-dealkylation sites (tertiary alicyclic amines) is 2. The Morgan fingerprint density at radius 3 is 1.96 bits per heavy atom. The topological polar surface area (TPSA) is 169 Å². The molecule has 2 fully saturated rings. The number of alkyl carbamates (subject to hydrolysis) is 1. The van der Waals surface area contributed by atoms with Crippen molar-refractivity contribution in [1.82, 2.24) is 40.4 Å². The molecule has 0 bridgehead atoms. The fourth-order valence-electron chi connectivity index (χ4n) is 6.44. The van der Waals surface area contributed by atoms with E-state index in [-0.39, 0.29) is 35.9 Å². The summed E-state index contributed by atoms with van der Waals surface area (Å²) in [6.45, 7) is 10.0. The Labute approximate surface area is 293 Å². The van der Waals surface area contributed by atoms with Gasteiger partial charge >= 0.3 is 12.2 Å². The maximum Gasteiger partial charge on any atom is 0.407 e. The summed E-state index contributed by atoms with van der Waals surface area (Å²) in [6.07, 6.45) is 5.37. The molecule has 2 aliphatic rings. The zero-order valence-electron chi connectivity index (χ0n) is 29.2. The molecule has 4 heterocycles. The van der Waals surface area contributed by atoms with Gasteiger partial charge in [0.25, 0.3) is 0 Å². The van der Waals surface area contributed by atoms with Gasteiger partial charge in [0.15, 0.2) is 0 Å². The molecule has 0 spiro atoms. The summed E-state index contributed by atoms with van der Waals surface area (Å²) in [5.74, 6) is 14.0. The lowest BCUT2D eigenvalue weighted by molar-refractivity contribution is -0.135. The number of hydrogen-bond acceptors (Lipinski definition) is 7. The van der Waals surface area contributed by atoms with Crippen LogP contribution >= 0.6 is 0 Å². The smallest absolute Gasteiger partial charge is 0.407 e. The highest BCUT2D eigenvalue weighted by molar-refractivity contribution is 5.86. The maximum atomic E-state index is 13.2. The third kappa shape index (κ3) is 9.04. The van der Waals surface area contributed by atoms with Crippen LogP contribution in [-0.2, 0) is 9.53 Å². The highest BCUT2D eigenvalue weighted by atomic mass is 16.5. The van der Waals surface area contributed by atoms with Crippen LogP contribution in [0.1, 0.15) is 99.6 Å². The van der Waals surface area contributed by atoms with Crippen molar-refractivity contribution in [2.45, 2.75) is 77.5 Å². The predicted octanol–water partition coefficient (Wildman–Crippen LogP) is 4.41. The molecule has 1 aromatic carbocycles. The molecular weight excluding hydrogens is 636 g/mol. The zero-order chi connectivity index (χ0) is 35.8. The number of methoxy groups -OCH3 is 1. The highest BCUT2D eigenvalue weighted by Gasteiger charge is 2.37. The van der Waals surface area contributed by atoms with E-state index in [2.05, 4.69) is 73.0 Å². The molecule has 13 nitrogen and oxygen atoms in total. The van der Waals surface area contributed by atoms with Crippen LogP contribution in [0.5, 0.6) is 0 Å². The maximum absolute atomic E-state index is 13.2. The lowest BCUT2D eigenvalue weighted by Crippen LogP contribution is -2.50. The van der Waals surface area contributed by atoms with Crippen LogP contribution in [-0.4, -0.2) is 91.8 Å². The van der Waals surface area contributed by atoms with Gasteiger partial charge in [-0.1, -0.05) is 39.5 Å². The van der Waals surface area contributed by atoms with Gasteiger partial charge in [-0.25, -0.2) is 19.6 Å². The van der Waals surface area contributed by atoms with Crippen molar-refractivity contribution < 1.29 is 24.2 Å². The summed E-state index contributed by atoms with van der Waals surface area (Å²) in [5.41, 5.74) is 3.02. The van der Waals surface area contributed by atoms with E-state index in [0.29, 0.717) is 24.6 Å². The summed E-state index contributed by atoms with van der Waals surface area (Å²) < 4.78 is 4.82. The number of carbonyl (C=O) groups is 3. The van der Waals surface area contributed by atoms with Crippen molar-refractivity contribution in [2.24, 2.45) is 11.8 Å². The number of nitrogens with one attached hydrogen (secondary N) is 4. The number of aromatic amines is 2. The second-order valence-electron chi connectivity index (χ2n) is 13.4. The largest absolute Gasteiger partial charge is 0.465 e. The molecule has 4 atom stereocenters. The van der Waals surface area contributed by atoms with Gasteiger partial charge in [0.05, 0.1) is 31.6 Å². The number of amides is 3. The predicted molar refractivity (Wildman–Crippen MR) is 187 cm³/mol. The van der Waals surface area contributed by atoms with Gasteiger partial charge in [0.2, 0.25) is 5.91 Å². The fourth-order valence-corrected chi connectivity index (χ4v) is 6.44. The standard InChI is InChI=1S/C37H46N8O5/c1-23(2)29(42-37(49)50-5)22-44-18-6-8-30(44)33-38-20-27(40-33)16-14-25-10-12-26(13-11-25)15-17-28-21-39-34(41-28)31-9-7-19-45(31)35(46)32(24(3)4)43-36(47)48/h10-13,20-21,23-24,29-32,43H,6-9,18-19,22H2,1-5H3,(H,38,40)(H,39,41)(H,42,49)(H,47,48). The number of imidazole rings is 2. The minimum Gasteiger partial charge on any atom is -0.465 e. The molecule has 3 amide bonds. The van der Waals surface area contributed by atoms with Gasteiger partial charge in [-0.3, -0.25) is 9.69 Å². The Kier molecular flexibility index (Phi) is 11.8. The molecular formula is C37H46N8O5. The lowest BCUT2D eigenvalue weighted by Gasteiger charge is -2.30. The number of carboxylic acid groups (broad SMARTS) is 1. The van der Waals surface area contributed by atoms with Crippen LogP contribution in [0.25, 0.3) is 0 Å². The van der Waals surface area contributed by atoms with E-state index in [0.717, 1.165) is 54.9 Å². The molecule has 13 heteroatoms.